The van der Waals surface area contributed by atoms with Crippen molar-refractivity contribution in [1.29, 1.82) is 0 Å². The topological polar surface area (TPSA) is 68.3 Å². The van der Waals surface area contributed by atoms with E-state index in [9.17, 15) is 0 Å². The predicted octanol–water partition coefficient (Wildman–Crippen LogP) is 1.79. The van der Waals surface area contributed by atoms with Gasteiger partial charge in [0.2, 0.25) is 0 Å². The molecule has 16 heavy (non-hydrogen) atoms. The van der Waals surface area contributed by atoms with Crippen molar-refractivity contribution in [1.82, 2.24) is 0 Å². The molecule has 0 aromatic rings. The minimum absolute atomic E-state index is 0. The van der Waals surface area contributed by atoms with Crippen molar-refractivity contribution < 1.29 is 39.0 Å². The predicted molar refractivity (Wildman–Crippen MR) is 67.0 cm³/mol. The fourth-order valence-electron chi connectivity index (χ4n) is 0.671. The van der Waals surface area contributed by atoms with Gasteiger partial charge >= 0.3 is 0 Å². The maximum atomic E-state index is 8.00. The van der Waals surface area contributed by atoms with Gasteiger partial charge in [-0.25, -0.2) is 0 Å². The summed E-state index contributed by atoms with van der Waals surface area (Å²) in [5, 5.41) is 0. The molecule has 0 atom stereocenters. The quantitative estimate of drug-likeness (QED) is 0.643. The van der Waals surface area contributed by atoms with Crippen LogP contribution in [0.1, 0.15) is 20.8 Å². The Morgan fingerprint density at radius 3 is 0.750 bits per heavy atom. The second kappa shape index (κ2) is 84.4. The summed E-state index contributed by atoms with van der Waals surface area (Å²) in [6.45, 7) is 14.9. The molecule has 0 amide bonds. The Kier molecular flexibility index (Phi) is 190. The van der Waals surface area contributed by atoms with E-state index in [-0.39, 0.29) is 19.8 Å². The molecule has 0 aliphatic rings. The van der Waals surface area contributed by atoms with Gasteiger partial charge in [-0.15, -0.1) is 7.92 Å². The molecule has 0 heterocycles. The first-order valence-electron chi connectivity index (χ1n) is 4.22. The monoisotopic (exact) mass is 430 g/mol. The van der Waals surface area contributed by atoms with Crippen LogP contribution in [0.5, 0.6) is 0 Å². The molecular formula is C10H23O4OsP. The van der Waals surface area contributed by atoms with Gasteiger partial charge in [0.05, 0.1) is 0 Å². The summed E-state index contributed by atoms with van der Waals surface area (Å²) >= 11 is 0. The molecule has 100 valence electrons. The number of carbonyl (C=O) groups excluding carboxylic acids is 4. The summed E-state index contributed by atoms with van der Waals surface area (Å²) in [6.07, 6.45) is 4.26. The van der Waals surface area contributed by atoms with E-state index < -0.39 is 0 Å². The van der Waals surface area contributed by atoms with Crippen LogP contribution in [-0.4, -0.2) is 45.6 Å². The van der Waals surface area contributed by atoms with Crippen LogP contribution in [0.25, 0.3) is 0 Å². The average Bonchev–Trinajstić information content (AvgIpc) is 2.41. The molecule has 6 heteroatoms. The minimum atomic E-state index is 0. The normalized spacial score (nSPS) is 5.50. The summed E-state index contributed by atoms with van der Waals surface area (Å²) in [7, 11) is 0.446. The number of carbonyl (C=O) groups is 4. The van der Waals surface area contributed by atoms with Crippen LogP contribution in [0.2, 0.25) is 0 Å². The smallest absolute Gasteiger partial charge is 0.106 e. The van der Waals surface area contributed by atoms with Gasteiger partial charge in [-0.3, -0.25) is 0 Å². The van der Waals surface area contributed by atoms with Crippen molar-refractivity contribution in [3.63, 3.8) is 0 Å². The third-order valence-electron chi connectivity index (χ3n) is 1.34. The fourth-order valence-corrected chi connectivity index (χ4v) is 2.01. The maximum absolute atomic E-state index is 8.00. The van der Waals surface area contributed by atoms with Crippen molar-refractivity contribution >= 4 is 35.1 Å². The van der Waals surface area contributed by atoms with Gasteiger partial charge in [0.15, 0.2) is 0 Å². The van der Waals surface area contributed by atoms with Crippen LogP contribution in [-0.2, 0) is 39.0 Å². The van der Waals surface area contributed by atoms with Crippen LogP contribution in [0.15, 0.2) is 0 Å². The van der Waals surface area contributed by atoms with Gasteiger partial charge in [-0.1, -0.05) is 20.8 Å². The number of hydrogen-bond acceptors (Lipinski definition) is 4. The Labute approximate surface area is 113 Å². The molecule has 0 unspecified atom stereocenters. The Bertz CT molecular complexity index is 71.7. The molecule has 0 aromatic carbocycles. The molecule has 0 radical (unpaired) electrons. The Morgan fingerprint density at radius 1 is 0.625 bits per heavy atom. The molecule has 0 fully saturated rings. The molecule has 0 rings (SSSR count). The summed E-state index contributed by atoms with van der Waals surface area (Å²) < 4.78 is 0. The minimum Gasteiger partial charge on any atom is -0.307 e. The first-order chi connectivity index (χ1) is 7.35. The van der Waals surface area contributed by atoms with E-state index in [1.54, 1.807) is 0 Å². The molecule has 0 saturated carbocycles. The van der Waals surface area contributed by atoms with Crippen molar-refractivity contribution in [3.8, 4) is 0 Å². The zero-order valence-corrected chi connectivity index (χ0v) is 13.8. The second-order valence-electron chi connectivity index (χ2n) is 1.62. The molecule has 0 aliphatic carbocycles. The maximum Gasteiger partial charge on any atom is 0.106 e. The summed E-state index contributed by atoms with van der Waals surface area (Å²) in [4.78, 5) is 32.0. The molecule has 0 spiro atoms. The van der Waals surface area contributed by atoms with Gasteiger partial charge < -0.3 is 19.2 Å². The summed E-state index contributed by atoms with van der Waals surface area (Å²) in [5.41, 5.74) is 0. The number of hydrogen-bond donors (Lipinski definition) is 0. The standard InChI is InChI=1S/C6H15P.4CH2O.Os/c1-4-7(5-2)6-3;4*1-2;/h4-6H2,1-3H3;4*1H2;. The molecule has 0 N–H and O–H groups in total. The van der Waals surface area contributed by atoms with E-state index in [0.717, 1.165) is 0 Å². The van der Waals surface area contributed by atoms with Crippen LogP contribution in [0.4, 0.5) is 0 Å². The SMILES string of the molecule is C=O.C=O.C=O.C=O.CCP(CC)CC.[Os]. The van der Waals surface area contributed by atoms with Crippen LogP contribution < -0.4 is 0 Å². The third-order valence-corrected chi connectivity index (χ3v) is 4.02. The molecule has 0 saturated heterocycles. The third kappa shape index (κ3) is 67.6. The van der Waals surface area contributed by atoms with E-state index in [4.69, 9.17) is 19.2 Å². The summed E-state index contributed by atoms with van der Waals surface area (Å²) in [6, 6.07) is 0. The average molecular weight is 428 g/mol. The second-order valence-corrected chi connectivity index (χ2v) is 4.86. The van der Waals surface area contributed by atoms with Crippen LogP contribution in [0, 0.1) is 0 Å². The van der Waals surface area contributed by atoms with Crippen LogP contribution >= 0.6 is 7.92 Å². The van der Waals surface area contributed by atoms with E-state index in [2.05, 4.69) is 20.8 Å². The molecule has 0 bridgehead atoms. The van der Waals surface area contributed by atoms with E-state index in [0.29, 0.717) is 7.92 Å². The Hall–Kier alpha value is -0.254. The largest absolute Gasteiger partial charge is 0.307 e. The van der Waals surface area contributed by atoms with Gasteiger partial charge in [0.1, 0.15) is 27.2 Å². The fraction of sp³-hybridized carbons (Fsp3) is 0.600. The van der Waals surface area contributed by atoms with Gasteiger partial charge in [0.25, 0.3) is 0 Å². The summed E-state index contributed by atoms with van der Waals surface area (Å²) in [5.74, 6) is 0. The van der Waals surface area contributed by atoms with Crippen LogP contribution in [0.3, 0.4) is 0 Å². The van der Waals surface area contributed by atoms with Crippen molar-refractivity contribution in [3.05, 3.63) is 0 Å². The Morgan fingerprint density at radius 2 is 0.750 bits per heavy atom. The Balaban J connectivity index is -0.0000000238. The van der Waals surface area contributed by atoms with Gasteiger partial charge in [0, 0.05) is 19.8 Å². The molecule has 0 aromatic heterocycles. The van der Waals surface area contributed by atoms with Crippen molar-refractivity contribution in [2.75, 3.05) is 18.5 Å². The first-order valence-corrected chi connectivity index (χ1v) is 6.12. The van der Waals surface area contributed by atoms with E-state index in [1.165, 1.54) is 18.5 Å². The zero-order chi connectivity index (χ0) is 13.7. The first kappa shape index (κ1) is 36.0. The van der Waals surface area contributed by atoms with E-state index >= 15 is 0 Å². The van der Waals surface area contributed by atoms with Gasteiger partial charge in [-0.05, 0) is 18.5 Å². The molecule has 4 nitrogen and oxygen atoms in total. The zero-order valence-electron chi connectivity index (χ0n) is 10.4. The molecular weight excluding hydrogens is 405 g/mol. The number of rotatable bonds is 3. The van der Waals surface area contributed by atoms with Gasteiger partial charge in [-0.2, -0.15) is 0 Å². The molecule has 0 aliphatic heterocycles. The van der Waals surface area contributed by atoms with Crippen molar-refractivity contribution in [2.24, 2.45) is 0 Å². The van der Waals surface area contributed by atoms with E-state index in [1.807, 2.05) is 27.2 Å². The van der Waals surface area contributed by atoms with Crippen molar-refractivity contribution in [2.45, 2.75) is 20.8 Å².